The molecule has 0 aliphatic carbocycles. The lowest BCUT2D eigenvalue weighted by atomic mass is 10.2. The van der Waals surface area contributed by atoms with Crippen molar-refractivity contribution in [1.82, 2.24) is 5.43 Å². The number of rotatable bonds is 7. The van der Waals surface area contributed by atoms with Crippen LogP contribution in [-0.2, 0) is 14.4 Å². The number of nitrogens with zero attached hydrogens (tertiary/aromatic N) is 1. The molecule has 0 unspecified atom stereocenters. The molecule has 0 aromatic heterocycles. The number of nitrogens with one attached hydrogen (secondary N) is 3. The third-order valence-electron chi connectivity index (χ3n) is 4.22. The van der Waals surface area contributed by atoms with Crippen LogP contribution in [0, 0.1) is 5.82 Å². The fraction of sp³-hybridized carbons (Fsp3) is 0.0435. The first-order chi connectivity index (χ1) is 16.7. The first kappa shape index (κ1) is 26.0. The molecule has 35 heavy (non-hydrogen) atoms. The van der Waals surface area contributed by atoms with Gasteiger partial charge in [-0.05, 0) is 48.0 Å². The molecule has 0 bridgehead atoms. The first-order valence-corrected chi connectivity index (χ1v) is 10.9. The van der Waals surface area contributed by atoms with Gasteiger partial charge in [0.25, 0.3) is 5.91 Å². The van der Waals surface area contributed by atoms with Gasteiger partial charge in [-0.25, -0.2) is 9.82 Å². The largest absolute Gasteiger partial charge is 0.484 e. The maximum absolute atomic E-state index is 13.2. The van der Waals surface area contributed by atoms with Gasteiger partial charge < -0.3 is 15.4 Å². The summed E-state index contributed by atoms with van der Waals surface area (Å²) in [5.41, 5.74) is 3.11. The van der Waals surface area contributed by atoms with E-state index in [0.717, 1.165) is 6.07 Å². The van der Waals surface area contributed by atoms with Crippen molar-refractivity contribution in [2.45, 2.75) is 0 Å². The van der Waals surface area contributed by atoms with E-state index >= 15 is 0 Å². The Balaban J connectivity index is 1.50. The Labute approximate surface area is 214 Å². The molecular weight excluding hydrogens is 522 g/mol. The number of anilines is 2. The van der Waals surface area contributed by atoms with E-state index in [0.29, 0.717) is 17.0 Å². The van der Waals surface area contributed by atoms with E-state index in [1.807, 2.05) is 0 Å². The lowest BCUT2D eigenvalue weighted by Crippen LogP contribution is -2.32. The van der Waals surface area contributed by atoms with E-state index in [1.165, 1.54) is 30.5 Å². The van der Waals surface area contributed by atoms with E-state index in [1.54, 1.807) is 30.3 Å². The van der Waals surface area contributed by atoms with Gasteiger partial charge in [-0.3, -0.25) is 14.4 Å². The van der Waals surface area contributed by atoms with Gasteiger partial charge in [0.15, 0.2) is 6.61 Å². The van der Waals surface area contributed by atoms with Crippen molar-refractivity contribution >= 4 is 70.1 Å². The zero-order chi connectivity index (χ0) is 25.4. The summed E-state index contributed by atoms with van der Waals surface area (Å²) in [6.07, 6.45) is 1.28. The lowest BCUT2D eigenvalue weighted by molar-refractivity contribution is -0.136. The fourth-order valence-corrected chi connectivity index (χ4v) is 3.13. The van der Waals surface area contributed by atoms with Crippen molar-refractivity contribution in [2.24, 2.45) is 5.10 Å². The van der Waals surface area contributed by atoms with E-state index < -0.39 is 23.5 Å². The van der Waals surface area contributed by atoms with Crippen LogP contribution in [0.5, 0.6) is 5.75 Å². The Morgan fingerprint density at radius 3 is 2.46 bits per heavy atom. The molecule has 3 aromatic carbocycles. The Morgan fingerprint density at radius 1 is 0.914 bits per heavy atom. The van der Waals surface area contributed by atoms with Gasteiger partial charge in [0.05, 0.1) is 27.0 Å². The van der Waals surface area contributed by atoms with Crippen molar-refractivity contribution < 1.29 is 23.5 Å². The molecule has 3 aromatic rings. The monoisotopic (exact) mass is 536 g/mol. The Morgan fingerprint density at radius 2 is 1.69 bits per heavy atom. The average Bonchev–Trinajstić information content (AvgIpc) is 2.83. The highest BCUT2D eigenvalue weighted by atomic mass is 35.5. The molecule has 8 nitrogen and oxygen atoms in total. The number of halogens is 4. The molecule has 3 N–H and O–H groups in total. The molecule has 0 saturated heterocycles. The van der Waals surface area contributed by atoms with Crippen molar-refractivity contribution in [2.75, 3.05) is 17.2 Å². The summed E-state index contributed by atoms with van der Waals surface area (Å²) in [5.74, 6) is -2.74. The van der Waals surface area contributed by atoms with E-state index in [-0.39, 0.29) is 27.4 Å². The van der Waals surface area contributed by atoms with E-state index in [2.05, 4.69) is 21.2 Å². The van der Waals surface area contributed by atoms with Crippen LogP contribution in [0.4, 0.5) is 15.8 Å². The number of ether oxygens (including phenoxy) is 1. The van der Waals surface area contributed by atoms with Crippen LogP contribution in [0.2, 0.25) is 15.1 Å². The highest BCUT2D eigenvalue weighted by Crippen LogP contribution is 2.29. The average molecular weight is 538 g/mol. The van der Waals surface area contributed by atoms with Gasteiger partial charge in [0, 0.05) is 5.69 Å². The van der Waals surface area contributed by atoms with Crippen LogP contribution in [0.15, 0.2) is 65.8 Å². The third kappa shape index (κ3) is 7.68. The maximum Gasteiger partial charge on any atom is 0.329 e. The molecule has 180 valence electrons. The molecule has 0 saturated carbocycles. The number of hydrogen-bond donors (Lipinski definition) is 3. The molecule has 0 fully saturated rings. The van der Waals surface area contributed by atoms with Crippen LogP contribution in [0.25, 0.3) is 0 Å². The smallest absolute Gasteiger partial charge is 0.329 e. The molecule has 0 aliphatic rings. The summed E-state index contributed by atoms with van der Waals surface area (Å²) < 4.78 is 18.6. The second kappa shape index (κ2) is 12.2. The van der Waals surface area contributed by atoms with Gasteiger partial charge in [-0.1, -0.05) is 53.0 Å². The lowest BCUT2D eigenvalue weighted by Gasteiger charge is -2.08. The molecule has 12 heteroatoms. The van der Waals surface area contributed by atoms with Crippen molar-refractivity contribution in [3.8, 4) is 5.75 Å². The molecule has 0 heterocycles. The third-order valence-corrected chi connectivity index (χ3v) is 5.33. The van der Waals surface area contributed by atoms with Gasteiger partial charge >= 0.3 is 11.8 Å². The zero-order valence-electron chi connectivity index (χ0n) is 17.7. The molecule has 0 atom stereocenters. The Hall–Kier alpha value is -3.66. The summed E-state index contributed by atoms with van der Waals surface area (Å²) >= 11 is 17.5. The normalized spacial score (nSPS) is 10.6. The minimum atomic E-state index is -1.03. The van der Waals surface area contributed by atoms with E-state index in [9.17, 15) is 18.8 Å². The summed E-state index contributed by atoms with van der Waals surface area (Å²) in [6, 6.07) is 14.9. The Kier molecular flexibility index (Phi) is 9.02. The minimum absolute atomic E-state index is 0.103. The van der Waals surface area contributed by atoms with E-state index in [4.69, 9.17) is 39.5 Å². The summed E-state index contributed by atoms with van der Waals surface area (Å²) in [6.45, 7) is -0.321. The summed E-state index contributed by atoms with van der Waals surface area (Å²) in [7, 11) is 0. The first-order valence-electron chi connectivity index (χ1n) is 9.79. The van der Waals surface area contributed by atoms with Crippen LogP contribution in [-0.4, -0.2) is 30.5 Å². The summed E-state index contributed by atoms with van der Waals surface area (Å²) in [4.78, 5) is 36.0. The number of carbonyl (C=O) groups is 3. The van der Waals surface area contributed by atoms with Gasteiger partial charge in [-0.2, -0.15) is 5.10 Å². The highest BCUT2D eigenvalue weighted by Gasteiger charge is 2.15. The SMILES string of the molecule is O=C(COc1cccc(/C=N\NC(=O)C(=O)Nc2cccc(Cl)c2Cl)c1)Nc1ccc(F)c(Cl)c1. The van der Waals surface area contributed by atoms with Crippen molar-refractivity contribution in [3.05, 3.63) is 87.1 Å². The van der Waals surface area contributed by atoms with Crippen molar-refractivity contribution in [1.29, 1.82) is 0 Å². The molecule has 0 radical (unpaired) electrons. The van der Waals surface area contributed by atoms with Gasteiger partial charge in [-0.15, -0.1) is 0 Å². The van der Waals surface area contributed by atoms with Crippen LogP contribution in [0.3, 0.4) is 0 Å². The zero-order valence-corrected chi connectivity index (χ0v) is 19.9. The number of hydrogen-bond acceptors (Lipinski definition) is 5. The second-order valence-electron chi connectivity index (χ2n) is 6.79. The van der Waals surface area contributed by atoms with Crippen molar-refractivity contribution in [3.63, 3.8) is 0 Å². The molecular formula is C23H16Cl3FN4O4. The number of benzene rings is 3. The quantitative estimate of drug-likeness (QED) is 0.226. The topological polar surface area (TPSA) is 109 Å². The minimum Gasteiger partial charge on any atom is -0.484 e. The van der Waals surface area contributed by atoms with Gasteiger partial charge in [0.1, 0.15) is 11.6 Å². The van der Waals surface area contributed by atoms with Crippen LogP contribution in [0.1, 0.15) is 5.56 Å². The molecule has 3 amide bonds. The maximum atomic E-state index is 13.2. The number of amides is 3. The summed E-state index contributed by atoms with van der Waals surface area (Å²) in [5, 5.41) is 8.81. The molecule has 0 spiro atoms. The van der Waals surface area contributed by atoms with Crippen LogP contribution < -0.4 is 20.8 Å². The van der Waals surface area contributed by atoms with Gasteiger partial charge in [0.2, 0.25) is 0 Å². The molecule has 3 rings (SSSR count). The molecule has 0 aliphatic heterocycles. The highest BCUT2D eigenvalue weighted by molar-refractivity contribution is 6.45. The standard InChI is InChI=1S/C23H16Cl3FN4O4/c24-16-5-2-6-19(21(16)26)30-22(33)23(34)31-28-11-13-3-1-4-15(9-13)35-12-20(32)29-14-7-8-18(27)17(25)10-14/h1-11H,12H2,(H,29,32)(H,30,33)(H,31,34)/b28-11-. The fourth-order valence-electron chi connectivity index (χ4n) is 2.60. The predicted octanol–water partition coefficient (Wildman–Crippen LogP) is 4.89. The predicted molar refractivity (Wildman–Crippen MR) is 133 cm³/mol. The second-order valence-corrected chi connectivity index (χ2v) is 7.99. The number of carbonyl (C=O) groups excluding carboxylic acids is 3. The number of hydrazone groups is 1. The van der Waals surface area contributed by atoms with Crippen LogP contribution >= 0.6 is 34.8 Å². The Bertz CT molecular complexity index is 1300.